The molecule has 0 N–H and O–H groups in total. The summed E-state index contributed by atoms with van der Waals surface area (Å²) in [5.74, 6) is -7.79. The average Bonchev–Trinajstić information content (AvgIpc) is 2.33. The summed E-state index contributed by atoms with van der Waals surface area (Å²) >= 11 is 0. The third kappa shape index (κ3) is 5.04. The fourth-order valence-corrected chi connectivity index (χ4v) is 0.794. The van der Waals surface area contributed by atoms with Crippen molar-refractivity contribution in [1.29, 1.82) is 0 Å². The molecule has 0 aliphatic rings. The van der Waals surface area contributed by atoms with E-state index in [2.05, 4.69) is 9.47 Å². The molecule has 112 valence electrons. The van der Waals surface area contributed by atoms with Crippen LogP contribution in [0.15, 0.2) is 0 Å². The molecule has 4 nitrogen and oxygen atoms in total. The van der Waals surface area contributed by atoms with Gasteiger partial charge in [-0.25, -0.2) is 13.6 Å². The largest absolute Gasteiger partial charge is 0.462 e. The van der Waals surface area contributed by atoms with Crippen molar-refractivity contribution in [2.45, 2.75) is 39.5 Å². The number of carbonyl (C=O) groups is 2. The molecule has 0 aromatic rings. The smallest absolute Gasteiger partial charge is 0.401 e. The normalized spacial score (nSPS) is 12.4. The Morgan fingerprint density at radius 1 is 1.05 bits per heavy atom. The molecule has 0 aromatic heterocycles. The lowest BCUT2D eigenvalue weighted by molar-refractivity contribution is -0.196. The zero-order valence-corrected chi connectivity index (χ0v) is 10.8. The quantitative estimate of drug-likeness (QED) is 0.410. The van der Waals surface area contributed by atoms with Gasteiger partial charge in [-0.3, -0.25) is 4.79 Å². The van der Waals surface area contributed by atoms with E-state index in [4.69, 9.17) is 0 Å². The number of esters is 2. The first-order valence-electron chi connectivity index (χ1n) is 5.56. The molecule has 0 saturated carbocycles. The van der Waals surface area contributed by atoms with Gasteiger partial charge in [-0.05, 0) is 20.3 Å². The Labute approximate surface area is 108 Å². The maximum atomic E-state index is 12.4. The minimum absolute atomic E-state index is 0.465. The fourth-order valence-electron chi connectivity index (χ4n) is 0.794. The lowest BCUT2D eigenvalue weighted by Crippen LogP contribution is -2.38. The molecule has 0 atom stereocenters. The summed E-state index contributed by atoms with van der Waals surface area (Å²) in [5, 5.41) is 0. The molecule has 0 spiro atoms. The van der Waals surface area contributed by atoms with E-state index in [-0.39, 0.29) is 0 Å². The Morgan fingerprint density at radius 2 is 1.47 bits per heavy atom. The van der Waals surface area contributed by atoms with Crippen LogP contribution in [0.2, 0.25) is 0 Å². The highest BCUT2D eigenvalue weighted by molar-refractivity contribution is 5.78. The van der Waals surface area contributed by atoms with Crippen molar-refractivity contribution in [2.24, 2.45) is 5.41 Å². The molecule has 0 amide bonds. The first-order valence-corrected chi connectivity index (χ1v) is 5.56. The Bertz CT molecular complexity index is 329. The van der Waals surface area contributed by atoms with Gasteiger partial charge in [0.25, 0.3) is 0 Å². The number of halogens is 4. The first kappa shape index (κ1) is 17.7. The molecule has 0 aliphatic heterocycles. The Morgan fingerprint density at radius 3 is 1.84 bits per heavy atom. The molecule has 0 fully saturated rings. The van der Waals surface area contributed by atoms with Gasteiger partial charge in [0.05, 0.1) is 5.41 Å². The zero-order chi connectivity index (χ0) is 15.3. The minimum Gasteiger partial charge on any atom is -0.462 e. The predicted molar refractivity (Wildman–Crippen MR) is 56.9 cm³/mol. The van der Waals surface area contributed by atoms with Crippen molar-refractivity contribution in [3.05, 3.63) is 0 Å². The van der Waals surface area contributed by atoms with Crippen molar-refractivity contribution in [1.82, 2.24) is 0 Å². The van der Waals surface area contributed by atoms with E-state index in [1.54, 1.807) is 20.8 Å². The van der Waals surface area contributed by atoms with Crippen molar-refractivity contribution >= 4 is 11.9 Å². The summed E-state index contributed by atoms with van der Waals surface area (Å²) in [6.07, 6.45) is -3.64. The summed E-state index contributed by atoms with van der Waals surface area (Å²) in [4.78, 5) is 22.0. The number of alkyl halides is 4. The van der Waals surface area contributed by atoms with Crippen molar-refractivity contribution in [3.63, 3.8) is 0 Å². The lowest BCUT2D eigenvalue weighted by Gasteiger charge is -2.20. The standard InChI is InChI=1S/C11H16F4O4/c1-4-10(2,3)8(16)18-5-6-19-9(17)11(14,15)7(12)13/h7H,4-6H2,1-3H3. The van der Waals surface area contributed by atoms with E-state index >= 15 is 0 Å². The van der Waals surface area contributed by atoms with Crippen LogP contribution in [0.1, 0.15) is 27.2 Å². The van der Waals surface area contributed by atoms with Crippen LogP contribution in [-0.2, 0) is 19.1 Å². The Balaban J connectivity index is 4.07. The second-order valence-corrected chi connectivity index (χ2v) is 4.43. The number of ether oxygens (including phenoxy) is 2. The van der Waals surface area contributed by atoms with Gasteiger partial charge in [-0.1, -0.05) is 6.92 Å². The average molecular weight is 288 g/mol. The summed E-state index contributed by atoms with van der Waals surface area (Å²) in [7, 11) is 0. The van der Waals surface area contributed by atoms with Gasteiger partial charge in [0.15, 0.2) is 0 Å². The second kappa shape index (κ2) is 6.72. The van der Waals surface area contributed by atoms with Gasteiger partial charge >= 0.3 is 24.3 Å². The van der Waals surface area contributed by atoms with E-state index < -0.39 is 42.9 Å². The van der Waals surface area contributed by atoms with Crippen LogP contribution in [-0.4, -0.2) is 37.5 Å². The van der Waals surface area contributed by atoms with Crippen LogP contribution in [0.4, 0.5) is 17.6 Å². The molecule has 0 radical (unpaired) electrons. The fraction of sp³-hybridized carbons (Fsp3) is 0.818. The van der Waals surface area contributed by atoms with Crippen molar-refractivity contribution in [3.8, 4) is 0 Å². The molecular weight excluding hydrogens is 272 g/mol. The van der Waals surface area contributed by atoms with Gasteiger partial charge in [0.1, 0.15) is 13.2 Å². The molecule has 0 bridgehead atoms. The molecule has 0 saturated heterocycles. The zero-order valence-electron chi connectivity index (χ0n) is 10.8. The predicted octanol–water partition coefficient (Wildman–Crippen LogP) is 2.41. The molecule has 0 heterocycles. The topological polar surface area (TPSA) is 52.6 Å². The van der Waals surface area contributed by atoms with Crippen LogP contribution in [0, 0.1) is 5.41 Å². The minimum atomic E-state index is -4.85. The lowest BCUT2D eigenvalue weighted by atomic mass is 9.91. The highest BCUT2D eigenvalue weighted by Crippen LogP contribution is 2.24. The SMILES string of the molecule is CCC(C)(C)C(=O)OCCOC(=O)C(F)(F)C(F)F. The van der Waals surface area contributed by atoms with Crippen molar-refractivity contribution < 1.29 is 36.6 Å². The van der Waals surface area contributed by atoms with E-state index in [1.165, 1.54) is 0 Å². The summed E-state index contributed by atoms with van der Waals surface area (Å²) < 4.78 is 57.0. The third-order valence-corrected chi connectivity index (χ3v) is 2.53. The molecule has 0 unspecified atom stereocenters. The number of hydrogen-bond acceptors (Lipinski definition) is 4. The van der Waals surface area contributed by atoms with Crippen LogP contribution in [0.5, 0.6) is 0 Å². The van der Waals surface area contributed by atoms with E-state index in [1.807, 2.05) is 0 Å². The van der Waals surface area contributed by atoms with Crippen LogP contribution in [0.3, 0.4) is 0 Å². The van der Waals surface area contributed by atoms with Crippen LogP contribution >= 0.6 is 0 Å². The Kier molecular flexibility index (Phi) is 6.24. The van der Waals surface area contributed by atoms with Gasteiger partial charge in [0, 0.05) is 0 Å². The van der Waals surface area contributed by atoms with Crippen LogP contribution < -0.4 is 0 Å². The third-order valence-electron chi connectivity index (χ3n) is 2.53. The van der Waals surface area contributed by atoms with E-state index in [9.17, 15) is 27.2 Å². The molecule has 0 rings (SSSR count). The molecule has 0 aliphatic carbocycles. The maximum Gasteiger partial charge on any atom is 0.401 e. The highest BCUT2D eigenvalue weighted by Gasteiger charge is 2.50. The second-order valence-electron chi connectivity index (χ2n) is 4.43. The van der Waals surface area contributed by atoms with E-state index in [0.29, 0.717) is 6.42 Å². The summed E-state index contributed by atoms with van der Waals surface area (Å²) in [6.45, 7) is 3.82. The van der Waals surface area contributed by atoms with Crippen LogP contribution in [0.25, 0.3) is 0 Å². The summed E-state index contributed by atoms with van der Waals surface area (Å²) in [6, 6.07) is 0. The van der Waals surface area contributed by atoms with Gasteiger partial charge in [-0.15, -0.1) is 0 Å². The van der Waals surface area contributed by atoms with E-state index in [0.717, 1.165) is 0 Å². The monoisotopic (exact) mass is 288 g/mol. The van der Waals surface area contributed by atoms with Crippen molar-refractivity contribution in [2.75, 3.05) is 13.2 Å². The van der Waals surface area contributed by atoms with Gasteiger partial charge in [-0.2, -0.15) is 8.78 Å². The Hall–Kier alpha value is -1.34. The molecule has 8 heteroatoms. The molecule has 19 heavy (non-hydrogen) atoms. The molecule has 0 aromatic carbocycles. The number of carbonyl (C=O) groups excluding carboxylic acids is 2. The maximum absolute atomic E-state index is 12.4. The summed E-state index contributed by atoms with van der Waals surface area (Å²) in [5.41, 5.74) is -0.753. The number of rotatable bonds is 7. The molecular formula is C11H16F4O4. The highest BCUT2D eigenvalue weighted by atomic mass is 19.3. The van der Waals surface area contributed by atoms with Gasteiger partial charge < -0.3 is 9.47 Å². The number of hydrogen-bond donors (Lipinski definition) is 0. The van der Waals surface area contributed by atoms with Gasteiger partial charge in [0.2, 0.25) is 0 Å². The first-order chi connectivity index (χ1) is 8.55.